The van der Waals surface area contributed by atoms with Crippen molar-refractivity contribution in [1.29, 1.82) is 0 Å². The molecule has 0 aromatic heterocycles. The minimum absolute atomic E-state index is 0.0330. The van der Waals surface area contributed by atoms with Crippen LogP contribution in [0, 0.1) is 11.8 Å². The quantitative estimate of drug-likeness (QED) is 0.161. The van der Waals surface area contributed by atoms with Gasteiger partial charge < -0.3 is 29.4 Å². The van der Waals surface area contributed by atoms with Gasteiger partial charge in [-0.2, -0.15) is 4.31 Å². The van der Waals surface area contributed by atoms with Gasteiger partial charge in [0.15, 0.2) is 6.29 Å². The molecular formula is C28H37N5O8S. The number of benzene rings is 2. The standard InChI is InChI=1S/C28H37N5O8S/c1-18(2)15-33(42(36,37)21-12-10-20(38-4)11-13-21)28(3,35)24(14-19-8-6-5-7-9-19)30-27(34)41-23-17-40-26-25(23)22(16-39-26)31-32-29/h5-13,18,22-26,35H,14-17H2,1-4H3,(H,30,34)/t22-,23-,24-,25-,26+,28+/m0/s1. The summed E-state index contributed by atoms with van der Waals surface area (Å²) in [5.41, 5.74) is 7.56. The molecule has 2 aliphatic rings. The van der Waals surface area contributed by atoms with Crippen LogP contribution in [0.15, 0.2) is 64.6 Å². The van der Waals surface area contributed by atoms with Crippen LogP contribution in [0.2, 0.25) is 0 Å². The van der Waals surface area contributed by atoms with Crippen molar-refractivity contribution < 1.29 is 37.3 Å². The summed E-state index contributed by atoms with van der Waals surface area (Å²) in [6.07, 6.45) is -2.24. The van der Waals surface area contributed by atoms with Gasteiger partial charge in [-0.05, 0) is 54.6 Å². The fraction of sp³-hybridized carbons (Fsp3) is 0.536. The number of carbonyl (C=O) groups is 1. The first kappa shape index (κ1) is 31.5. The number of nitrogens with zero attached hydrogens (tertiary/aromatic N) is 4. The molecule has 0 unspecified atom stereocenters. The van der Waals surface area contributed by atoms with E-state index in [9.17, 15) is 18.3 Å². The van der Waals surface area contributed by atoms with E-state index in [2.05, 4.69) is 15.3 Å². The Balaban J connectivity index is 1.64. The first-order chi connectivity index (χ1) is 20.0. The molecule has 4 rings (SSSR count). The monoisotopic (exact) mass is 603 g/mol. The van der Waals surface area contributed by atoms with E-state index in [4.69, 9.17) is 24.5 Å². The van der Waals surface area contributed by atoms with E-state index < -0.39 is 52.2 Å². The van der Waals surface area contributed by atoms with Crippen LogP contribution in [0.3, 0.4) is 0 Å². The van der Waals surface area contributed by atoms with Crippen LogP contribution < -0.4 is 10.1 Å². The van der Waals surface area contributed by atoms with E-state index in [0.29, 0.717) is 5.75 Å². The molecule has 2 fully saturated rings. The van der Waals surface area contributed by atoms with Crippen molar-refractivity contribution in [3.05, 3.63) is 70.6 Å². The van der Waals surface area contributed by atoms with Gasteiger partial charge >= 0.3 is 6.09 Å². The van der Waals surface area contributed by atoms with Gasteiger partial charge in [-0.25, -0.2) is 13.2 Å². The zero-order valence-corrected chi connectivity index (χ0v) is 24.8. The lowest BCUT2D eigenvalue weighted by atomic mass is 9.96. The second-order valence-electron chi connectivity index (χ2n) is 10.9. The maximum atomic E-state index is 14.0. The first-order valence-electron chi connectivity index (χ1n) is 13.6. The fourth-order valence-electron chi connectivity index (χ4n) is 5.22. The Labute approximate surface area is 245 Å². The number of amides is 1. The number of azide groups is 1. The third-order valence-electron chi connectivity index (χ3n) is 7.42. The van der Waals surface area contributed by atoms with Gasteiger partial charge in [0.2, 0.25) is 10.0 Å². The van der Waals surface area contributed by atoms with Crippen LogP contribution in [0.5, 0.6) is 5.75 Å². The molecule has 2 aromatic rings. The van der Waals surface area contributed by atoms with Crippen molar-refractivity contribution in [1.82, 2.24) is 9.62 Å². The molecule has 2 N–H and O–H groups in total. The molecule has 0 saturated carbocycles. The summed E-state index contributed by atoms with van der Waals surface area (Å²) in [4.78, 5) is 16.1. The molecule has 2 heterocycles. The highest BCUT2D eigenvalue weighted by atomic mass is 32.2. The Morgan fingerprint density at radius 3 is 2.48 bits per heavy atom. The summed E-state index contributed by atoms with van der Waals surface area (Å²) in [5.74, 6) is -0.176. The van der Waals surface area contributed by atoms with Gasteiger partial charge in [0, 0.05) is 11.5 Å². The summed E-state index contributed by atoms with van der Waals surface area (Å²) < 4.78 is 50.9. The first-order valence-corrected chi connectivity index (χ1v) is 15.1. The van der Waals surface area contributed by atoms with E-state index in [0.717, 1.165) is 9.87 Å². The summed E-state index contributed by atoms with van der Waals surface area (Å²) in [6, 6.07) is 13.3. The highest BCUT2D eigenvalue weighted by Crippen LogP contribution is 2.36. The number of sulfonamides is 1. The van der Waals surface area contributed by atoms with Crippen molar-refractivity contribution in [2.75, 3.05) is 26.9 Å². The number of hydrogen-bond acceptors (Lipinski definition) is 9. The molecular weight excluding hydrogens is 566 g/mol. The second kappa shape index (κ2) is 13.3. The van der Waals surface area contributed by atoms with Crippen LogP contribution >= 0.6 is 0 Å². The number of alkyl carbamates (subject to hydrolysis) is 1. The highest BCUT2D eigenvalue weighted by molar-refractivity contribution is 7.89. The lowest BCUT2D eigenvalue weighted by molar-refractivity contribution is -0.0908. The van der Waals surface area contributed by atoms with Crippen molar-refractivity contribution in [2.24, 2.45) is 17.0 Å². The van der Waals surface area contributed by atoms with Crippen LogP contribution in [0.25, 0.3) is 10.4 Å². The molecule has 0 radical (unpaired) electrons. The SMILES string of the molecule is COc1ccc(S(=O)(=O)N(CC(C)C)[C@](C)(O)[C@H](Cc2ccccc2)NC(=O)O[C@H]2CO[C@H]3OC[C@H](N=[N+]=[N-])[C@H]32)cc1. The van der Waals surface area contributed by atoms with E-state index in [1.807, 2.05) is 44.2 Å². The Kier molecular flexibility index (Phi) is 9.97. The lowest BCUT2D eigenvalue weighted by Crippen LogP contribution is -2.63. The minimum Gasteiger partial charge on any atom is -0.497 e. The van der Waals surface area contributed by atoms with E-state index in [1.165, 1.54) is 38.3 Å². The molecule has 0 bridgehead atoms. The number of hydrogen-bond donors (Lipinski definition) is 2. The summed E-state index contributed by atoms with van der Waals surface area (Å²) in [5, 5.41) is 18.5. The van der Waals surface area contributed by atoms with Crippen molar-refractivity contribution in [3.8, 4) is 5.75 Å². The topological polar surface area (TPSA) is 172 Å². The fourth-order valence-corrected chi connectivity index (χ4v) is 7.06. The molecule has 0 spiro atoms. The van der Waals surface area contributed by atoms with Gasteiger partial charge in [-0.3, -0.25) is 0 Å². The van der Waals surface area contributed by atoms with Crippen molar-refractivity contribution in [3.63, 3.8) is 0 Å². The maximum Gasteiger partial charge on any atom is 0.407 e. The van der Waals surface area contributed by atoms with E-state index >= 15 is 0 Å². The van der Waals surface area contributed by atoms with E-state index in [-0.39, 0.29) is 37.0 Å². The molecule has 228 valence electrons. The Hall–Kier alpha value is -3.39. The molecule has 2 saturated heterocycles. The number of ether oxygens (including phenoxy) is 4. The normalized spacial score (nSPS) is 24.0. The highest BCUT2D eigenvalue weighted by Gasteiger charge is 2.51. The van der Waals surface area contributed by atoms with Gasteiger partial charge in [0.1, 0.15) is 17.6 Å². The van der Waals surface area contributed by atoms with E-state index in [1.54, 1.807) is 0 Å². The van der Waals surface area contributed by atoms with Gasteiger partial charge in [-0.15, -0.1) is 0 Å². The third-order valence-corrected chi connectivity index (χ3v) is 9.39. The number of rotatable bonds is 12. The zero-order chi connectivity index (χ0) is 30.5. The summed E-state index contributed by atoms with van der Waals surface area (Å²) in [7, 11) is -2.77. The molecule has 13 nitrogen and oxygen atoms in total. The predicted octanol–water partition coefficient (Wildman–Crippen LogP) is 3.44. The molecule has 42 heavy (non-hydrogen) atoms. The minimum atomic E-state index is -4.25. The van der Waals surface area contributed by atoms with Gasteiger partial charge in [-0.1, -0.05) is 49.3 Å². The Morgan fingerprint density at radius 2 is 1.86 bits per heavy atom. The van der Waals surface area contributed by atoms with Crippen molar-refractivity contribution >= 4 is 16.1 Å². The summed E-state index contributed by atoms with van der Waals surface area (Å²) >= 11 is 0. The molecule has 0 aliphatic carbocycles. The molecule has 14 heteroatoms. The lowest BCUT2D eigenvalue weighted by Gasteiger charge is -2.42. The Bertz CT molecular complexity index is 1370. The number of methoxy groups -OCH3 is 1. The maximum absolute atomic E-state index is 14.0. The predicted molar refractivity (Wildman–Crippen MR) is 152 cm³/mol. The zero-order valence-electron chi connectivity index (χ0n) is 24.0. The van der Waals surface area contributed by atoms with Crippen LogP contribution in [-0.4, -0.2) is 81.0 Å². The molecule has 1 amide bonds. The number of nitrogens with one attached hydrogen (secondary N) is 1. The number of carbonyl (C=O) groups excluding carboxylic acids is 1. The van der Waals surface area contributed by atoms with Gasteiger partial charge in [0.25, 0.3) is 0 Å². The molecule has 2 aromatic carbocycles. The molecule has 6 atom stereocenters. The number of aliphatic hydroxyl groups is 1. The smallest absolute Gasteiger partial charge is 0.407 e. The third kappa shape index (κ3) is 6.97. The average molecular weight is 604 g/mol. The Morgan fingerprint density at radius 1 is 1.19 bits per heavy atom. The van der Waals surface area contributed by atoms with Crippen molar-refractivity contribution in [2.45, 2.75) is 62.3 Å². The van der Waals surface area contributed by atoms with Crippen LogP contribution in [0.4, 0.5) is 4.79 Å². The largest absolute Gasteiger partial charge is 0.497 e. The summed E-state index contributed by atoms with van der Waals surface area (Å²) in [6.45, 7) is 5.17. The van der Waals surface area contributed by atoms with Crippen LogP contribution in [0.1, 0.15) is 26.3 Å². The molecule has 2 aliphatic heterocycles. The second-order valence-corrected chi connectivity index (χ2v) is 12.8. The average Bonchev–Trinajstić information content (AvgIpc) is 3.55. The number of fused-ring (bicyclic) bond motifs is 1. The van der Waals surface area contributed by atoms with Gasteiger partial charge in [0.05, 0.1) is 43.2 Å². The van der Waals surface area contributed by atoms with Crippen LogP contribution in [-0.2, 0) is 30.7 Å².